The standard InChI is InChI=1S/C11H16BrNO2/c1-7-6-8(4-5-13-2)11(15-3)9(12)10(7)14/h6,13-14H,4-5H2,1-3H3. The highest BCUT2D eigenvalue weighted by Gasteiger charge is 2.13. The monoisotopic (exact) mass is 273 g/mol. The molecule has 1 rings (SSSR count). The van der Waals surface area contributed by atoms with Crippen LogP contribution in [0, 0.1) is 6.92 Å². The lowest BCUT2D eigenvalue weighted by molar-refractivity contribution is 0.397. The molecule has 0 amide bonds. The second-order valence-corrected chi connectivity index (χ2v) is 4.19. The van der Waals surface area contributed by atoms with Crippen LogP contribution in [0.3, 0.4) is 0 Å². The predicted octanol–water partition coefficient (Wildman–Crippen LogP) is 2.23. The summed E-state index contributed by atoms with van der Waals surface area (Å²) < 4.78 is 5.91. The summed E-state index contributed by atoms with van der Waals surface area (Å²) in [5.74, 6) is 0.966. The minimum Gasteiger partial charge on any atom is -0.506 e. The highest BCUT2D eigenvalue weighted by Crippen LogP contribution is 2.39. The van der Waals surface area contributed by atoms with Crippen LogP contribution in [0.5, 0.6) is 11.5 Å². The quantitative estimate of drug-likeness (QED) is 0.884. The van der Waals surface area contributed by atoms with Gasteiger partial charge in [-0.15, -0.1) is 0 Å². The fourth-order valence-corrected chi connectivity index (χ4v) is 2.21. The number of rotatable bonds is 4. The summed E-state index contributed by atoms with van der Waals surface area (Å²) in [4.78, 5) is 0. The van der Waals surface area contributed by atoms with Gasteiger partial charge in [0.1, 0.15) is 16.0 Å². The smallest absolute Gasteiger partial charge is 0.140 e. The van der Waals surface area contributed by atoms with E-state index >= 15 is 0 Å². The average molecular weight is 274 g/mol. The van der Waals surface area contributed by atoms with Crippen molar-refractivity contribution in [2.45, 2.75) is 13.3 Å². The van der Waals surface area contributed by atoms with Gasteiger partial charge in [0.05, 0.1) is 7.11 Å². The summed E-state index contributed by atoms with van der Waals surface area (Å²) in [5.41, 5.74) is 1.95. The summed E-state index contributed by atoms with van der Waals surface area (Å²) in [7, 11) is 3.52. The number of ether oxygens (including phenoxy) is 1. The van der Waals surface area contributed by atoms with Crippen LogP contribution in [0.4, 0.5) is 0 Å². The van der Waals surface area contributed by atoms with Crippen molar-refractivity contribution >= 4 is 15.9 Å². The van der Waals surface area contributed by atoms with E-state index in [1.165, 1.54) is 0 Å². The molecule has 0 aliphatic carbocycles. The van der Waals surface area contributed by atoms with Crippen molar-refractivity contribution < 1.29 is 9.84 Å². The lowest BCUT2D eigenvalue weighted by atomic mass is 10.1. The van der Waals surface area contributed by atoms with Crippen molar-refractivity contribution in [3.8, 4) is 11.5 Å². The summed E-state index contributed by atoms with van der Waals surface area (Å²) in [6, 6.07) is 1.95. The Morgan fingerprint density at radius 1 is 1.53 bits per heavy atom. The second kappa shape index (κ2) is 5.37. The van der Waals surface area contributed by atoms with Gasteiger partial charge in [-0.25, -0.2) is 0 Å². The van der Waals surface area contributed by atoms with Crippen molar-refractivity contribution in [3.05, 3.63) is 21.7 Å². The number of hydrogen-bond acceptors (Lipinski definition) is 3. The highest BCUT2D eigenvalue weighted by atomic mass is 79.9. The number of hydrogen-bond donors (Lipinski definition) is 2. The van der Waals surface area contributed by atoms with Crippen molar-refractivity contribution in [2.75, 3.05) is 20.7 Å². The third-order valence-electron chi connectivity index (χ3n) is 2.31. The molecular weight excluding hydrogens is 258 g/mol. The Morgan fingerprint density at radius 2 is 2.20 bits per heavy atom. The van der Waals surface area contributed by atoms with Crippen molar-refractivity contribution in [2.24, 2.45) is 0 Å². The van der Waals surface area contributed by atoms with Gasteiger partial charge in [-0.2, -0.15) is 0 Å². The zero-order chi connectivity index (χ0) is 11.4. The first kappa shape index (κ1) is 12.3. The number of aryl methyl sites for hydroxylation is 1. The van der Waals surface area contributed by atoms with Gasteiger partial charge in [0.2, 0.25) is 0 Å². The molecule has 3 nitrogen and oxygen atoms in total. The highest BCUT2D eigenvalue weighted by molar-refractivity contribution is 9.10. The number of methoxy groups -OCH3 is 1. The molecule has 1 aromatic carbocycles. The zero-order valence-electron chi connectivity index (χ0n) is 9.22. The topological polar surface area (TPSA) is 41.5 Å². The Bertz CT molecular complexity index is 353. The summed E-state index contributed by atoms with van der Waals surface area (Å²) in [6.45, 7) is 2.76. The number of nitrogens with one attached hydrogen (secondary N) is 1. The van der Waals surface area contributed by atoms with Crippen LogP contribution in [-0.2, 0) is 6.42 Å². The van der Waals surface area contributed by atoms with E-state index in [9.17, 15) is 5.11 Å². The Hall–Kier alpha value is -0.740. The van der Waals surface area contributed by atoms with E-state index in [4.69, 9.17) is 4.74 Å². The summed E-state index contributed by atoms with van der Waals surface area (Å²) >= 11 is 3.34. The van der Waals surface area contributed by atoms with Gasteiger partial charge in [0.25, 0.3) is 0 Å². The van der Waals surface area contributed by atoms with Crippen LogP contribution in [0.1, 0.15) is 11.1 Å². The molecule has 2 N–H and O–H groups in total. The Morgan fingerprint density at radius 3 is 2.73 bits per heavy atom. The molecule has 0 aromatic heterocycles. The fraction of sp³-hybridized carbons (Fsp3) is 0.455. The molecule has 0 spiro atoms. The summed E-state index contributed by atoms with van der Waals surface area (Å²) in [5, 5.41) is 12.8. The molecule has 84 valence electrons. The second-order valence-electron chi connectivity index (χ2n) is 3.40. The van der Waals surface area contributed by atoms with E-state index in [0.29, 0.717) is 10.2 Å². The number of halogens is 1. The zero-order valence-corrected chi connectivity index (χ0v) is 10.8. The first-order valence-electron chi connectivity index (χ1n) is 4.81. The van der Waals surface area contributed by atoms with Gasteiger partial charge in [0.15, 0.2) is 0 Å². The number of phenolic OH excluding ortho intramolecular Hbond substituents is 1. The normalized spacial score (nSPS) is 10.4. The summed E-state index contributed by atoms with van der Waals surface area (Å²) in [6.07, 6.45) is 0.874. The molecular formula is C11H16BrNO2. The molecule has 0 unspecified atom stereocenters. The number of aromatic hydroxyl groups is 1. The first-order valence-corrected chi connectivity index (χ1v) is 5.60. The van der Waals surface area contributed by atoms with Crippen LogP contribution in [0.15, 0.2) is 10.5 Å². The van der Waals surface area contributed by atoms with Crippen LogP contribution in [0.25, 0.3) is 0 Å². The van der Waals surface area contributed by atoms with Gasteiger partial charge in [-0.3, -0.25) is 0 Å². The van der Waals surface area contributed by atoms with Crippen LogP contribution in [-0.4, -0.2) is 25.8 Å². The maximum absolute atomic E-state index is 9.73. The van der Waals surface area contributed by atoms with Gasteiger partial charge in [0, 0.05) is 0 Å². The molecule has 0 atom stereocenters. The lowest BCUT2D eigenvalue weighted by Crippen LogP contribution is -2.11. The predicted molar refractivity (Wildman–Crippen MR) is 64.7 cm³/mol. The maximum Gasteiger partial charge on any atom is 0.140 e. The molecule has 0 saturated carbocycles. The average Bonchev–Trinajstić information content (AvgIpc) is 2.23. The van der Waals surface area contributed by atoms with E-state index in [-0.39, 0.29) is 5.75 Å². The molecule has 15 heavy (non-hydrogen) atoms. The molecule has 0 saturated heterocycles. The van der Waals surface area contributed by atoms with E-state index < -0.39 is 0 Å². The molecule has 0 aliphatic heterocycles. The van der Waals surface area contributed by atoms with Gasteiger partial charge in [-0.1, -0.05) is 0 Å². The van der Waals surface area contributed by atoms with E-state index in [0.717, 1.165) is 24.1 Å². The van der Waals surface area contributed by atoms with E-state index in [2.05, 4.69) is 21.2 Å². The third kappa shape index (κ3) is 2.63. The van der Waals surface area contributed by atoms with Crippen molar-refractivity contribution in [1.82, 2.24) is 5.32 Å². The Kier molecular flexibility index (Phi) is 4.42. The minimum absolute atomic E-state index is 0.250. The number of likely N-dealkylation sites (N-methyl/N-ethyl adjacent to an activating group) is 1. The van der Waals surface area contributed by atoms with Crippen LogP contribution >= 0.6 is 15.9 Å². The molecule has 0 bridgehead atoms. The Labute approximate surface area is 98.6 Å². The minimum atomic E-state index is 0.250. The van der Waals surface area contributed by atoms with Crippen LogP contribution in [0.2, 0.25) is 0 Å². The van der Waals surface area contributed by atoms with Gasteiger partial charge < -0.3 is 15.2 Å². The largest absolute Gasteiger partial charge is 0.506 e. The first-order chi connectivity index (χ1) is 7.11. The van der Waals surface area contributed by atoms with Gasteiger partial charge in [-0.05, 0) is 60.1 Å². The fourth-order valence-electron chi connectivity index (χ4n) is 1.48. The molecule has 0 heterocycles. The van der Waals surface area contributed by atoms with E-state index in [1.54, 1.807) is 7.11 Å². The molecule has 0 radical (unpaired) electrons. The van der Waals surface area contributed by atoms with Crippen LogP contribution < -0.4 is 10.1 Å². The van der Waals surface area contributed by atoms with Crippen molar-refractivity contribution in [3.63, 3.8) is 0 Å². The SMILES string of the molecule is CNCCc1cc(C)c(O)c(Br)c1OC. The van der Waals surface area contributed by atoms with Crippen molar-refractivity contribution in [1.29, 1.82) is 0 Å². The number of phenols is 1. The molecule has 0 aliphatic rings. The molecule has 0 fully saturated rings. The molecule has 1 aromatic rings. The Balaban J connectivity index is 3.13. The number of benzene rings is 1. The van der Waals surface area contributed by atoms with E-state index in [1.807, 2.05) is 20.0 Å². The lowest BCUT2D eigenvalue weighted by Gasteiger charge is -2.13. The van der Waals surface area contributed by atoms with Gasteiger partial charge >= 0.3 is 0 Å². The maximum atomic E-state index is 9.73. The molecule has 4 heteroatoms. The third-order valence-corrected chi connectivity index (χ3v) is 3.05.